The van der Waals surface area contributed by atoms with Gasteiger partial charge in [0, 0.05) is 0 Å². The van der Waals surface area contributed by atoms with Crippen LogP contribution in [0.3, 0.4) is 0 Å². The Morgan fingerprint density at radius 1 is 1.29 bits per heavy atom. The van der Waals surface area contributed by atoms with Gasteiger partial charge in [-0.1, -0.05) is 18.2 Å². The monoisotopic (exact) mass is 189 g/mol. The van der Waals surface area contributed by atoms with Gasteiger partial charge >= 0.3 is 0 Å². The van der Waals surface area contributed by atoms with E-state index in [1.54, 1.807) is 0 Å². The van der Waals surface area contributed by atoms with E-state index in [1.807, 2.05) is 30.3 Å². The molecule has 1 aromatic carbocycles. The van der Waals surface area contributed by atoms with Gasteiger partial charge in [-0.2, -0.15) is 4.99 Å². The fourth-order valence-electron chi connectivity index (χ4n) is 1.32. The first-order valence-electron chi connectivity index (χ1n) is 4.31. The smallest absolute Gasteiger partial charge is 0.218 e. The fraction of sp³-hybridized carbons (Fsp3) is 0.100. The second kappa shape index (κ2) is 3.41. The van der Waals surface area contributed by atoms with Crippen LogP contribution in [-0.4, -0.2) is 5.96 Å². The third-order valence-electron chi connectivity index (χ3n) is 1.92. The maximum atomic E-state index is 5.46. The highest BCUT2D eigenvalue weighted by Gasteiger charge is 2.10. The van der Waals surface area contributed by atoms with Gasteiger partial charge in [-0.25, -0.2) is 0 Å². The lowest BCUT2D eigenvalue weighted by atomic mass is 10.1. The number of para-hydroxylation sites is 1. The molecule has 0 radical (unpaired) electrons. The SMILES string of the molecule is NC(N)=NC1=CCc2ccccc2O1. The van der Waals surface area contributed by atoms with Crippen molar-refractivity contribution in [1.29, 1.82) is 0 Å². The Bertz CT molecular complexity index is 406. The molecule has 0 saturated heterocycles. The first-order chi connectivity index (χ1) is 6.75. The minimum absolute atomic E-state index is 0.00984. The molecule has 4 heteroatoms. The fourth-order valence-corrected chi connectivity index (χ4v) is 1.32. The Morgan fingerprint density at radius 2 is 2.07 bits per heavy atom. The summed E-state index contributed by atoms with van der Waals surface area (Å²) < 4.78 is 5.46. The number of benzene rings is 1. The Balaban J connectivity index is 2.25. The van der Waals surface area contributed by atoms with E-state index >= 15 is 0 Å². The van der Waals surface area contributed by atoms with Gasteiger partial charge in [0.25, 0.3) is 0 Å². The van der Waals surface area contributed by atoms with Crippen LogP contribution in [0.1, 0.15) is 5.56 Å². The number of nitrogens with two attached hydrogens (primary N) is 2. The number of hydrogen-bond acceptors (Lipinski definition) is 2. The Kier molecular flexibility index (Phi) is 2.10. The molecule has 1 aromatic rings. The van der Waals surface area contributed by atoms with E-state index in [1.165, 1.54) is 0 Å². The van der Waals surface area contributed by atoms with Crippen LogP contribution >= 0.6 is 0 Å². The van der Waals surface area contributed by atoms with Crippen molar-refractivity contribution in [3.63, 3.8) is 0 Å². The van der Waals surface area contributed by atoms with E-state index in [-0.39, 0.29) is 5.96 Å². The molecule has 0 bridgehead atoms. The number of fused-ring (bicyclic) bond motifs is 1. The predicted octanol–water partition coefficient (Wildman–Crippen LogP) is 0.736. The molecule has 0 aliphatic carbocycles. The van der Waals surface area contributed by atoms with Crippen LogP contribution in [0.5, 0.6) is 5.75 Å². The van der Waals surface area contributed by atoms with E-state index in [0.717, 1.165) is 17.7 Å². The van der Waals surface area contributed by atoms with Crippen LogP contribution < -0.4 is 16.2 Å². The van der Waals surface area contributed by atoms with E-state index in [9.17, 15) is 0 Å². The van der Waals surface area contributed by atoms with Crippen molar-refractivity contribution in [1.82, 2.24) is 0 Å². The van der Waals surface area contributed by atoms with Gasteiger partial charge < -0.3 is 16.2 Å². The Labute approximate surface area is 81.9 Å². The molecule has 0 saturated carbocycles. The number of aliphatic imine (C=N–C) groups is 1. The Hall–Kier alpha value is -1.97. The summed E-state index contributed by atoms with van der Waals surface area (Å²) in [5.41, 5.74) is 11.6. The van der Waals surface area contributed by atoms with Gasteiger partial charge in [0.1, 0.15) is 5.75 Å². The summed E-state index contributed by atoms with van der Waals surface area (Å²) in [6.45, 7) is 0. The van der Waals surface area contributed by atoms with E-state index < -0.39 is 0 Å². The molecule has 72 valence electrons. The molecule has 2 rings (SSSR count). The highest BCUT2D eigenvalue weighted by molar-refractivity contribution is 5.76. The molecular weight excluding hydrogens is 178 g/mol. The lowest BCUT2D eigenvalue weighted by Crippen LogP contribution is -2.23. The van der Waals surface area contributed by atoms with Crippen molar-refractivity contribution in [2.24, 2.45) is 16.5 Å². The Morgan fingerprint density at radius 3 is 2.86 bits per heavy atom. The van der Waals surface area contributed by atoms with E-state index in [2.05, 4.69) is 4.99 Å². The molecule has 0 aromatic heterocycles. The average Bonchev–Trinajstić information content (AvgIpc) is 2.17. The van der Waals surface area contributed by atoms with Crippen molar-refractivity contribution in [3.8, 4) is 5.75 Å². The molecule has 0 spiro atoms. The van der Waals surface area contributed by atoms with Gasteiger partial charge in [0.15, 0.2) is 5.96 Å². The summed E-state index contributed by atoms with van der Waals surface area (Å²) in [5, 5.41) is 0. The number of nitrogens with zero attached hydrogens (tertiary/aromatic N) is 1. The van der Waals surface area contributed by atoms with Crippen LogP contribution in [0.15, 0.2) is 41.2 Å². The molecule has 1 heterocycles. The molecular formula is C10H11N3O. The lowest BCUT2D eigenvalue weighted by molar-refractivity contribution is 0.405. The van der Waals surface area contributed by atoms with Crippen LogP contribution in [0.25, 0.3) is 0 Å². The normalized spacial score (nSPS) is 13.6. The van der Waals surface area contributed by atoms with Gasteiger partial charge in [-0.15, -0.1) is 0 Å². The number of guanidine groups is 1. The third kappa shape index (κ3) is 1.69. The molecule has 0 atom stereocenters. The summed E-state index contributed by atoms with van der Waals surface area (Å²) in [4.78, 5) is 3.85. The van der Waals surface area contributed by atoms with Gasteiger partial charge in [0.2, 0.25) is 5.88 Å². The summed E-state index contributed by atoms with van der Waals surface area (Å²) >= 11 is 0. The molecule has 1 aliphatic heterocycles. The molecule has 1 aliphatic rings. The average molecular weight is 189 g/mol. The molecule has 0 amide bonds. The van der Waals surface area contributed by atoms with Gasteiger partial charge in [-0.3, -0.25) is 0 Å². The van der Waals surface area contributed by atoms with Crippen molar-refractivity contribution >= 4 is 5.96 Å². The van der Waals surface area contributed by atoms with Gasteiger partial charge in [-0.05, 0) is 24.1 Å². The van der Waals surface area contributed by atoms with E-state index in [0.29, 0.717) is 5.88 Å². The lowest BCUT2D eigenvalue weighted by Gasteiger charge is -2.14. The summed E-state index contributed by atoms with van der Waals surface area (Å²) in [5.74, 6) is 1.29. The van der Waals surface area contributed by atoms with Gasteiger partial charge in [0.05, 0.1) is 0 Å². The largest absolute Gasteiger partial charge is 0.439 e. The summed E-state index contributed by atoms with van der Waals surface area (Å²) in [7, 11) is 0. The molecule has 4 nitrogen and oxygen atoms in total. The second-order valence-electron chi connectivity index (χ2n) is 2.99. The topological polar surface area (TPSA) is 73.6 Å². The molecule has 14 heavy (non-hydrogen) atoms. The number of allylic oxidation sites excluding steroid dienone is 1. The van der Waals surface area contributed by atoms with Crippen LogP contribution in [0.4, 0.5) is 0 Å². The number of ether oxygens (including phenoxy) is 1. The number of rotatable bonds is 1. The highest BCUT2D eigenvalue weighted by atomic mass is 16.5. The first kappa shape index (κ1) is 8.62. The zero-order valence-electron chi connectivity index (χ0n) is 7.60. The minimum atomic E-state index is 0.00984. The zero-order valence-corrected chi connectivity index (χ0v) is 7.60. The first-order valence-corrected chi connectivity index (χ1v) is 4.31. The van der Waals surface area contributed by atoms with Crippen molar-refractivity contribution in [2.45, 2.75) is 6.42 Å². The zero-order chi connectivity index (χ0) is 9.97. The van der Waals surface area contributed by atoms with Crippen molar-refractivity contribution in [2.75, 3.05) is 0 Å². The molecule has 0 fully saturated rings. The van der Waals surface area contributed by atoms with Crippen LogP contribution in [-0.2, 0) is 6.42 Å². The van der Waals surface area contributed by atoms with Crippen LogP contribution in [0.2, 0.25) is 0 Å². The summed E-state index contributed by atoms with van der Waals surface area (Å²) in [6.07, 6.45) is 2.64. The minimum Gasteiger partial charge on any atom is -0.439 e. The third-order valence-corrected chi connectivity index (χ3v) is 1.92. The van der Waals surface area contributed by atoms with Crippen LogP contribution in [0, 0.1) is 0 Å². The standard InChI is InChI=1S/C10H11N3O/c11-10(12)13-9-6-5-7-3-1-2-4-8(7)14-9/h1-4,6H,5H2,(H4,11,12,13). The number of hydrogen-bond donors (Lipinski definition) is 2. The second-order valence-corrected chi connectivity index (χ2v) is 2.99. The maximum absolute atomic E-state index is 5.46. The predicted molar refractivity (Wildman–Crippen MR) is 54.7 cm³/mol. The van der Waals surface area contributed by atoms with Crippen molar-refractivity contribution < 1.29 is 4.74 Å². The quantitative estimate of drug-likeness (QED) is 0.505. The highest BCUT2D eigenvalue weighted by Crippen LogP contribution is 2.25. The summed E-state index contributed by atoms with van der Waals surface area (Å²) in [6, 6.07) is 7.79. The van der Waals surface area contributed by atoms with Crippen molar-refractivity contribution in [3.05, 3.63) is 41.8 Å². The molecule has 0 unspecified atom stereocenters. The molecule has 4 N–H and O–H groups in total. The van der Waals surface area contributed by atoms with E-state index in [4.69, 9.17) is 16.2 Å². The maximum Gasteiger partial charge on any atom is 0.218 e.